The van der Waals surface area contributed by atoms with Crippen LogP contribution in [0.3, 0.4) is 0 Å². The van der Waals surface area contributed by atoms with Crippen LogP contribution in [0, 0.1) is 13.8 Å². The number of β-amino-alcohol motifs (C(OH)–C–C–N with tert-alkyl or cyclic N) is 1. The van der Waals surface area contributed by atoms with E-state index in [2.05, 4.69) is 50.8 Å². The van der Waals surface area contributed by atoms with Gasteiger partial charge in [-0.05, 0) is 57.7 Å². The molecule has 1 aromatic carbocycles. The van der Waals surface area contributed by atoms with E-state index in [0.717, 1.165) is 19.4 Å². The number of aliphatic hydroxyl groups excluding tert-OH is 1. The van der Waals surface area contributed by atoms with Crippen molar-refractivity contribution >= 4 is 5.69 Å². The molecule has 1 heterocycles. The Morgan fingerprint density at radius 3 is 2.71 bits per heavy atom. The molecule has 94 valence electrons. The zero-order valence-electron chi connectivity index (χ0n) is 11.3. The van der Waals surface area contributed by atoms with Gasteiger partial charge in [-0.3, -0.25) is 0 Å². The summed E-state index contributed by atoms with van der Waals surface area (Å²) in [4.78, 5) is 2.36. The molecule has 1 aliphatic rings. The molecule has 1 saturated heterocycles. The minimum Gasteiger partial charge on any atom is -0.391 e. The Bertz CT molecular complexity index is 411. The maximum absolute atomic E-state index is 9.89. The first-order valence-corrected chi connectivity index (χ1v) is 6.44. The normalized spacial score (nSPS) is 23.8. The molecule has 1 fully saturated rings. The summed E-state index contributed by atoms with van der Waals surface area (Å²) < 4.78 is 0. The molecule has 0 saturated carbocycles. The van der Waals surface area contributed by atoms with Gasteiger partial charge in [0.15, 0.2) is 0 Å². The van der Waals surface area contributed by atoms with E-state index in [9.17, 15) is 5.11 Å². The molecule has 1 N–H and O–H groups in total. The Kier molecular flexibility index (Phi) is 3.17. The number of benzene rings is 1. The number of aryl methyl sites for hydroxylation is 1. The third-order valence-corrected chi connectivity index (χ3v) is 4.08. The summed E-state index contributed by atoms with van der Waals surface area (Å²) >= 11 is 0. The minimum absolute atomic E-state index is 0.137. The second-order valence-corrected chi connectivity index (χ2v) is 5.83. The van der Waals surface area contributed by atoms with Gasteiger partial charge in [-0.1, -0.05) is 12.1 Å². The number of nitrogens with zero attached hydrogens (tertiary/aromatic N) is 1. The summed E-state index contributed by atoms with van der Waals surface area (Å²) in [7, 11) is 0. The van der Waals surface area contributed by atoms with Gasteiger partial charge in [0.2, 0.25) is 0 Å². The van der Waals surface area contributed by atoms with Crippen molar-refractivity contribution in [3.8, 4) is 0 Å². The highest BCUT2D eigenvalue weighted by molar-refractivity contribution is 5.58. The van der Waals surface area contributed by atoms with Crippen molar-refractivity contribution in [2.45, 2.75) is 52.2 Å². The lowest BCUT2D eigenvalue weighted by atomic mass is 9.87. The molecule has 1 unspecified atom stereocenters. The van der Waals surface area contributed by atoms with Crippen LogP contribution in [0.4, 0.5) is 5.69 Å². The van der Waals surface area contributed by atoms with Crippen LogP contribution in [0.2, 0.25) is 0 Å². The van der Waals surface area contributed by atoms with Gasteiger partial charge in [0.05, 0.1) is 6.10 Å². The van der Waals surface area contributed by atoms with E-state index in [1.54, 1.807) is 0 Å². The van der Waals surface area contributed by atoms with Crippen molar-refractivity contribution in [2.24, 2.45) is 0 Å². The maximum Gasteiger partial charge on any atom is 0.0716 e. The molecule has 0 radical (unpaired) electrons. The second-order valence-electron chi connectivity index (χ2n) is 5.83. The first kappa shape index (κ1) is 12.4. The van der Waals surface area contributed by atoms with E-state index >= 15 is 0 Å². The predicted octanol–water partition coefficient (Wildman–Crippen LogP) is 3.04. The lowest BCUT2D eigenvalue weighted by molar-refractivity contribution is 0.126. The molecule has 1 aliphatic heterocycles. The van der Waals surface area contributed by atoms with Crippen molar-refractivity contribution < 1.29 is 5.11 Å². The average Bonchev–Trinajstić information content (AvgIpc) is 2.26. The molecule has 0 amide bonds. The van der Waals surface area contributed by atoms with Crippen LogP contribution in [-0.2, 0) is 0 Å². The average molecular weight is 233 g/mol. The van der Waals surface area contributed by atoms with Gasteiger partial charge in [0.25, 0.3) is 0 Å². The molecule has 0 aliphatic carbocycles. The molecule has 0 spiro atoms. The molecular formula is C15H23NO. The summed E-state index contributed by atoms with van der Waals surface area (Å²) in [5.41, 5.74) is 4.06. The monoisotopic (exact) mass is 233 g/mol. The van der Waals surface area contributed by atoms with E-state index in [1.165, 1.54) is 16.8 Å². The maximum atomic E-state index is 9.89. The fourth-order valence-electron chi connectivity index (χ4n) is 2.66. The molecule has 1 aromatic rings. The van der Waals surface area contributed by atoms with Gasteiger partial charge < -0.3 is 10.0 Å². The van der Waals surface area contributed by atoms with Gasteiger partial charge in [-0.2, -0.15) is 0 Å². The highest BCUT2D eigenvalue weighted by atomic mass is 16.3. The number of anilines is 1. The first-order valence-electron chi connectivity index (χ1n) is 6.44. The Hall–Kier alpha value is -1.02. The van der Waals surface area contributed by atoms with E-state index in [1.807, 2.05) is 0 Å². The molecule has 2 rings (SSSR count). The van der Waals surface area contributed by atoms with E-state index in [0.29, 0.717) is 0 Å². The van der Waals surface area contributed by atoms with Crippen LogP contribution in [0.1, 0.15) is 37.8 Å². The summed E-state index contributed by atoms with van der Waals surface area (Å²) in [6.07, 6.45) is 1.76. The van der Waals surface area contributed by atoms with Crippen molar-refractivity contribution in [2.75, 3.05) is 11.4 Å². The third-order valence-electron chi connectivity index (χ3n) is 4.08. The van der Waals surface area contributed by atoms with Crippen molar-refractivity contribution in [1.29, 1.82) is 0 Å². The second kappa shape index (κ2) is 4.34. The third kappa shape index (κ3) is 2.32. The molecule has 0 bridgehead atoms. The van der Waals surface area contributed by atoms with Crippen LogP contribution >= 0.6 is 0 Å². The van der Waals surface area contributed by atoms with Crippen LogP contribution in [0.5, 0.6) is 0 Å². The molecule has 2 nitrogen and oxygen atoms in total. The van der Waals surface area contributed by atoms with Crippen LogP contribution in [-0.4, -0.2) is 23.3 Å². The Morgan fingerprint density at radius 2 is 2.00 bits per heavy atom. The van der Waals surface area contributed by atoms with E-state index in [4.69, 9.17) is 0 Å². The number of piperidine rings is 1. The Labute approximate surface area is 104 Å². The van der Waals surface area contributed by atoms with Crippen LogP contribution in [0.15, 0.2) is 18.2 Å². The Balaban J connectivity index is 2.40. The van der Waals surface area contributed by atoms with Crippen molar-refractivity contribution in [3.05, 3.63) is 29.3 Å². The largest absolute Gasteiger partial charge is 0.391 e. The van der Waals surface area contributed by atoms with Gasteiger partial charge >= 0.3 is 0 Å². The van der Waals surface area contributed by atoms with E-state index < -0.39 is 0 Å². The quantitative estimate of drug-likeness (QED) is 0.806. The predicted molar refractivity (Wildman–Crippen MR) is 72.6 cm³/mol. The summed E-state index contributed by atoms with van der Waals surface area (Å²) in [5, 5.41) is 9.89. The van der Waals surface area contributed by atoms with Gasteiger partial charge in [-0.25, -0.2) is 0 Å². The lowest BCUT2D eigenvalue weighted by Gasteiger charge is -2.46. The van der Waals surface area contributed by atoms with Crippen LogP contribution in [0.25, 0.3) is 0 Å². The zero-order chi connectivity index (χ0) is 12.6. The SMILES string of the molecule is Cc1cccc(N2CC(O)CCC2(C)C)c1C. The fraction of sp³-hybridized carbons (Fsp3) is 0.600. The minimum atomic E-state index is -0.192. The molecular weight excluding hydrogens is 210 g/mol. The number of hydrogen-bond acceptors (Lipinski definition) is 2. The fourth-order valence-corrected chi connectivity index (χ4v) is 2.66. The number of rotatable bonds is 1. The van der Waals surface area contributed by atoms with E-state index in [-0.39, 0.29) is 11.6 Å². The van der Waals surface area contributed by atoms with Gasteiger partial charge in [-0.15, -0.1) is 0 Å². The zero-order valence-corrected chi connectivity index (χ0v) is 11.3. The number of hydrogen-bond donors (Lipinski definition) is 1. The van der Waals surface area contributed by atoms with Crippen molar-refractivity contribution in [3.63, 3.8) is 0 Å². The highest BCUT2D eigenvalue weighted by Gasteiger charge is 2.34. The standard InChI is InChI=1S/C15H23NO/c1-11-6-5-7-14(12(11)2)16-10-13(17)8-9-15(16,3)4/h5-7,13,17H,8-10H2,1-4H3. The van der Waals surface area contributed by atoms with Gasteiger partial charge in [0, 0.05) is 17.8 Å². The molecule has 0 aromatic heterocycles. The molecule has 17 heavy (non-hydrogen) atoms. The topological polar surface area (TPSA) is 23.5 Å². The molecule has 1 atom stereocenters. The molecule has 2 heteroatoms. The number of aliphatic hydroxyl groups is 1. The highest BCUT2D eigenvalue weighted by Crippen LogP contribution is 2.35. The lowest BCUT2D eigenvalue weighted by Crippen LogP contribution is -2.52. The summed E-state index contributed by atoms with van der Waals surface area (Å²) in [6, 6.07) is 6.42. The first-order chi connectivity index (χ1) is 7.92. The Morgan fingerprint density at radius 1 is 1.29 bits per heavy atom. The van der Waals surface area contributed by atoms with Gasteiger partial charge in [0.1, 0.15) is 0 Å². The van der Waals surface area contributed by atoms with Crippen molar-refractivity contribution in [1.82, 2.24) is 0 Å². The van der Waals surface area contributed by atoms with Crippen LogP contribution < -0.4 is 4.90 Å². The smallest absolute Gasteiger partial charge is 0.0716 e. The summed E-state index contributed by atoms with van der Waals surface area (Å²) in [5.74, 6) is 0. The summed E-state index contributed by atoms with van der Waals surface area (Å²) in [6.45, 7) is 9.59.